The SMILES string of the molecule is CN1CCc2ccc(Nc3ccc(Nc4ncc5c(n4)N(C)c4ccccc4C(=O)N5)cc3)cc2C1. The van der Waals surface area contributed by atoms with Gasteiger partial charge in [-0.2, -0.15) is 4.98 Å². The highest BCUT2D eigenvalue weighted by Crippen LogP contribution is 2.35. The van der Waals surface area contributed by atoms with E-state index in [0.29, 0.717) is 23.0 Å². The van der Waals surface area contributed by atoms with Crippen molar-refractivity contribution in [1.29, 1.82) is 0 Å². The van der Waals surface area contributed by atoms with Crippen LogP contribution >= 0.6 is 0 Å². The van der Waals surface area contributed by atoms with E-state index in [9.17, 15) is 4.79 Å². The molecule has 0 saturated heterocycles. The van der Waals surface area contributed by atoms with Crippen molar-refractivity contribution in [3.8, 4) is 0 Å². The summed E-state index contributed by atoms with van der Waals surface area (Å²) in [6.45, 7) is 2.10. The van der Waals surface area contributed by atoms with Crippen LogP contribution in [0.3, 0.4) is 0 Å². The smallest absolute Gasteiger partial charge is 0.257 e. The lowest BCUT2D eigenvalue weighted by atomic mass is 9.99. The molecule has 3 N–H and O–H groups in total. The number of hydrogen-bond donors (Lipinski definition) is 3. The van der Waals surface area contributed by atoms with E-state index < -0.39 is 0 Å². The first-order valence-electron chi connectivity index (χ1n) is 12.0. The van der Waals surface area contributed by atoms with Gasteiger partial charge in [-0.05, 0) is 73.1 Å². The number of carbonyl (C=O) groups excluding carboxylic acids is 1. The molecule has 2 aliphatic rings. The minimum absolute atomic E-state index is 0.172. The van der Waals surface area contributed by atoms with Gasteiger partial charge in [0, 0.05) is 37.2 Å². The summed E-state index contributed by atoms with van der Waals surface area (Å²) in [7, 11) is 4.06. The summed E-state index contributed by atoms with van der Waals surface area (Å²) in [6, 6.07) is 22.1. The van der Waals surface area contributed by atoms with Crippen LogP contribution in [0, 0.1) is 0 Å². The number of nitrogens with one attached hydrogen (secondary N) is 3. The molecule has 0 bridgehead atoms. The quantitative estimate of drug-likeness (QED) is 0.368. The van der Waals surface area contributed by atoms with Gasteiger partial charge in [0.25, 0.3) is 5.91 Å². The van der Waals surface area contributed by atoms with Crippen LogP contribution in [0.5, 0.6) is 0 Å². The molecule has 0 fully saturated rings. The number of nitrogens with zero attached hydrogens (tertiary/aromatic N) is 4. The molecule has 0 aliphatic carbocycles. The summed E-state index contributed by atoms with van der Waals surface area (Å²) >= 11 is 0. The second-order valence-corrected chi connectivity index (χ2v) is 9.26. The number of carbonyl (C=O) groups is 1. The van der Waals surface area contributed by atoms with Gasteiger partial charge in [0.15, 0.2) is 5.82 Å². The van der Waals surface area contributed by atoms with E-state index in [1.54, 1.807) is 12.3 Å². The number of hydrogen-bond acceptors (Lipinski definition) is 7. The monoisotopic (exact) mass is 477 g/mol. The number of aromatic nitrogens is 2. The minimum atomic E-state index is -0.172. The number of para-hydroxylation sites is 1. The van der Waals surface area contributed by atoms with E-state index >= 15 is 0 Å². The lowest BCUT2D eigenvalue weighted by Crippen LogP contribution is -2.26. The van der Waals surface area contributed by atoms with Crippen LogP contribution in [0.2, 0.25) is 0 Å². The third-order valence-electron chi connectivity index (χ3n) is 6.68. The Morgan fingerprint density at radius 1 is 0.889 bits per heavy atom. The summed E-state index contributed by atoms with van der Waals surface area (Å²) in [4.78, 5) is 26.0. The van der Waals surface area contributed by atoms with Crippen molar-refractivity contribution in [2.75, 3.05) is 41.5 Å². The van der Waals surface area contributed by atoms with Crippen LogP contribution in [0.25, 0.3) is 0 Å². The van der Waals surface area contributed by atoms with Crippen molar-refractivity contribution in [1.82, 2.24) is 14.9 Å². The Hall–Kier alpha value is -4.43. The molecule has 0 radical (unpaired) electrons. The molecular weight excluding hydrogens is 450 g/mol. The zero-order valence-corrected chi connectivity index (χ0v) is 20.2. The molecule has 1 amide bonds. The van der Waals surface area contributed by atoms with Crippen molar-refractivity contribution in [2.45, 2.75) is 13.0 Å². The number of amides is 1. The van der Waals surface area contributed by atoms with E-state index in [-0.39, 0.29) is 5.91 Å². The molecule has 4 aromatic rings. The lowest BCUT2D eigenvalue weighted by Gasteiger charge is -2.25. The summed E-state index contributed by atoms with van der Waals surface area (Å²) in [5.41, 5.74) is 7.75. The van der Waals surface area contributed by atoms with Crippen molar-refractivity contribution in [3.63, 3.8) is 0 Å². The highest BCUT2D eigenvalue weighted by molar-refractivity contribution is 6.11. The van der Waals surface area contributed by atoms with Gasteiger partial charge in [-0.1, -0.05) is 18.2 Å². The zero-order valence-electron chi connectivity index (χ0n) is 20.2. The predicted octanol–water partition coefficient (Wildman–Crippen LogP) is 5.29. The first-order valence-corrected chi connectivity index (χ1v) is 12.0. The Bertz CT molecular complexity index is 1450. The number of benzene rings is 3. The largest absolute Gasteiger partial charge is 0.356 e. The Balaban J connectivity index is 1.19. The second-order valence-electron chi connectivity index (χ2n) is 9.26. The lowest BCUT2D eigenvalue weighted by molar-refractivity contribution is 0.102. The summed E-state index contributed by atoms with van der Waals surface area (Å²) in [5.74, 6) is 0.908. The van der Waals surface area contributed by atoms with E-state index in [0.717, 1.165) is 42.3 Å². The molecule has 0 atom stereocenters. The Morgan fingerprint density at radius 2 is 1.64 bits per heavy atom. The maximum absolute atomic E-state index is 12.6. The van der Waals surface area contributed by atoms with Gasteiger partial charge in [0.2, 0.25) is 5.95 Å². The minimum Gasteiger partial charge on any atom is -0.356 e. The van der Waals surface area contributed by atoms with Crippen molar-refractivity contribution >= 4 is 46.1 Å². The molecule has 2 aliphatic heterocycles. The molecule has 0 unspecified atom stereocenters. The fraction of sp³-hybridized carbons (Fsp3) is 0.179. The third-order valence-corrected chi connectivity index (χ3v) is 6.68. The number of anilines is 7. The fourth-order valence-corrected chi connectivity index (χ4v) is 4.75. The van der Waals surface area contributed by atoms with E-state index in [1.165, 1.54) is 11.1 Å². The van der Waals surface area contributed by atoms with Crippen LogP contribution in [-0.4, -0.2) is 41.4 Å². The van der Waals surface area contributed by atoms with Crippen LogP contribution < -0.4 is 20.9 Å². The van der Waals surface area contributed by atoms with Gasteiger partial charge < -0.3 is 25.8 Å². The number of rotatable bonds is 4. The van der Waals surface area contributed by atoms with Gasteiger partial charge in [-0.25, -0.2) is 4.98 Å². The maximum atomic E-state index is 12.6. The van der Waals surface area contributed by atoms with Crippen LogP contribution in [0.4, 0.5) is 40.2 Å². The van der Waals surface area contributed by atoms with Gasteiger partial charge in [-0.15, -0.1) is 0 Å². The highest BCUT2D eigenvalue weighted by Gasteiger charge is 2.24. The third kappa shape index (κ3) is 4.23. The van der Waals surface area contributed by atoms with Crippen LogP contribution in [0.1, 0.15) is 21.5 Å². The Morgan fingerprint density at radius 3 is 2.47 bits per heavy atom. The molecule has 0 saturated carbocycles. The molecule has 180 valence electrons. The maximum Gasteiger partial charge on any atom is 0.257 e. The molecule has 0 spiro atoms. The molecule has 3 heterocycles. The van der Waals surface area contributed by atoms with Crippen LogP contribution in [0.15, 0.2) is 72.9 Å². The highest BCUT2D eigenvalue weighted by atomic mass is 16.1. The average Bonchev–Trinajstić information content (AvgIpc) is 2.99. The second kappa shape index (κ2) is 8.98. The standard InChI is InChI=1S/C28H27N7O/c1-34-14-13-18-7-8-22(15-19(18)17-34)30-20-9-11-21(12-10-20)31-28-29-16-24-26(33-28)35(2)25-6-4-3-5-23(25)27(36)32-24/h3-12,15-16,30H,13-14,17H2,1-2H3,(H,32,36)(H,29,31,33). The van der Waals surface area contributed by atoms with Crippen molar-refractivity contribution < 1.29 is 4.79 Å². The van der Waals surface area contributed by atoms with Crippen LogP contribution in [-0.2, 0) is 13.0 Å². The van der Waals surface area contributed by atoms with Gasteiger partial charge in [0.1, 0.15) is 5.69 Å². The van der Waals surface area contributed by atoms with Gasteiger partial charge in [0.05, 0.1) is 17.4 Å². The number of likely N-dealkylation sites (N-methyl/N-ethyl adjacent to an activating group) is 1. The molecule has 8 heteroatoms. The van der Waals surface area contributed by atoms with Gasteiger partial charge in [-0.3, -0.25) is 4.79 Å². The Kier molecular flexibility index (Phi) is 5.50. The normalized spacial score (nSPS) is 14.7. The number of fused-ring (bicyclic) bond motifs is 3. The average molecular weight is 478 g/mol. The molecule has 6 rings (SSSR count). The molecule has 1 aromatic heterocycles. The summed E-state index contributed by atoms with van der Waals surface area (Å²) in [5, 5.41) is 9.68. The molecular formula is C28H27N7O. The zero-order chi connectivity index (χ0) is 24.6. The first-order chi connectivity index (χ1) is 17.5. The Labute approximate surface area is 210 Å². The summed E-state index contributed by atoms with van der Waals surface area (Å²) < 4.78 is 0. The van der Waals surface area contributed by atoms with Crippen molar-refractivity contribution in [3.05, 3.63) is 89.6 Å². The summed E-state index contributed by atoms with van der Waals surface area (Å²) in [6.07, 6.45) is 2.74. The van der Waals surface area contributed by atoms with Crippen molar-refractivity contribution in [2.24, 2.45) is 0 Å². The first kappa shape index (κ1) is 22.1. The molecule has 36 heavy (non-hydrogen) atoms. The molecule has 3 aromatic carbocycles. The van der Waals surface area contributed by atoms with E-state index in [4.69, 9.17) is 0 Å². The fourth-order valence-electron chi connectivity index (χ4n) is 4.75. The topological polar surface area (TPSA) is 85.4 Å². The van der Waals surface area contributed by atoms with Gasteiger partial charge >= 0.3 is 0 Å². The van der Waals surface area contributed by atoms with E-state index in [1.807, 2.05) is 54.4 Å². The molecule has 8 nitrogen and oxygen atoms in total. The predicted molar refractivity (Wildman–Crippen MR) is 144 cm³/mol. The van der Waals surface area contributed by atoms with E-state index in [2.05, 4.69) is 56.1 Å².